The number of benzene rings is 2. The minimum Gasteiger partial charge on any atom is -0.248 e. The van der Waals surface area contributed by atoms with Gasteiger partial charge in [0, 0.05) is 18.2 Å². The van der Waals surface area contributed by atoms with E-state index in [4.69, 9.17) is 23.2 Å². The van der Waals surface area contributed by atoms with Crippen molar-refractivity contribution in [1.82, 2.24) is 14.8 Å². The first-order valence-electron chi connectivity index (χ1n) is 7.55. The molecule has 3 nitrogen and oxygen atoms in total. The third-order valence-electron chi connectivity index (χ3n) is 3.69. The number of nitrogens with zero attached hydrogens (tertiary/aromatic N) is 3. The van der Waals surface area contributed by atoms with Crippen molar-refractivity contribution in [1.29, 1.82) is 0 Å². The standard InChI is InChI=1S/C18H17Cl2N3/c1-3-6-12-9-10-14(16(20)11-12)18-21-17(22-23(18)2)13-7-4-5-8-15(13)19/h4-5,7-11H,3,6H2,1-2H3. The van der Waals surface area contributed by atoms with Crippen molar-refractivity contribution in [2.24, 2.45) is 7.05 Å². The Hall–Kier alpha value is -1.84. The minimum atomic E-state index is 0.599. The largest absolute Gasteiger partial charge is 0.248 e. The third kappa shape index (κ3) is 3.26. The molecule has 0 radical (unpaired) electrons. The second kappa shape index (κ2) is 6.73. The van der Waals surface area contributed by atoms with Gasteiger partial charge in [-0.05, 0) is 36.2 Å². The smallest absolute Gasteiger partial charge is 0.183 e. The van der Waals surface area contributed by atoms with Crippen molar-refractivity contribution in [3.63, 3.8) is 0 Å². The molecule has 0 fully saturated rings. The number of rotatable bonds is 4. The topological polar surface area (TPSA) is 30.7 Å². The molecule has 0 aliphatic rings. The summed E-state index contributed by atoms with van der Waals surface area (Å²) in [6, 6.07) is 13.7. The van der Waals surface area contributed by atoms with Crippen LogP contribution in [0.3, 0.4) is 0 Å². The van der Waals surface area contributed by atoms with Crippen LogP contribution in [0.5, 0.6) is 0 Å². The molecule has 0 unspecified atom stereocenters. The molecule has 0 amide bonds. The quantitative estimate of drug-likeness (QED) is 0.632. The summed E-state index contributed by atoms with van der Waals surface area (Å²) in [5.41, 5.74) is 2.92. The van der Waals surface area contributed by atoms with E-state index in [1.165, 1.54) is 5.56 Å². The summed E-state index contributed by atoms with van der Waals surface area (Å²) in [6.45, 7) is 2.15. The molecule has 0 bridgehead atoms. The van der Waals surface area contributed by atoms with Crippen LogP contribution in [-0.4, -0.2) is 14.8 Å². The first-order valence-corrected chi connectivity index (χ1v) is 8.30. The summed E-state index contributed by atoms with van der Waals surface area (Å²) in [7, 11) is 1.86. The molecule has 2 aromatic carbocycles. The Morgan fingerprint density at radius 1 is 1.00 bits per heavy atom. The van der Waals surface area contributed by atoms with Crippen LogP contribution < -0.4 is 0 Å². The first-order chi connectivity index (χ1) is 11.1. The van der Waals surface area contributed by atoms with Gasteiger partial charge < -0.3 is 0 Å². The number of hydrogen-bond acceptors (Lipinski definition) is 2. The molecular formula is C18H17Cl2N3. The lowest BCUT2D eigenvalue weighted by atomic mass is 10.1. The van der Waals surface area contributed by atoms with Gasteiger partial charge in [0.1, 0.15) is 0 Å². The van der Waals surface area contributed by atoms with Gasteiger partial charge in [-0.3, -0.25) is 0 Å². The fourth-order valence-electron chi connectivity index (χ4n) is 2.56. The van der Waals surface area contributed by atoms with Crippen molar-refractivity contribution in [2.45, 2.75) is 19.8 Å². The van der Waals surface area contributed by atoms with Gasteiger partial charge >= 0.3 is 0 Å². The monoisotopic (exact) mass is 345 g/mol. The Morgan fingerprint density at radius 3 is 2.48 bits per heavy atom. The van der Waals surface area contributed by atoms with E-state index in [1.807, 2.05) is 43.4 Å². The van der Waals surface area contributed by atoms with E-state index in [0.29, 0.717) is 15.9 Å². The second-order valence-corrected chi connectivity index (χ2v) is 6.24. The molecule has 23 heavy (non-hydrogen) atoms. The van der Waals surface area contributed by atoms with E-state index < -0.39 is 0 Å². The molecular weight excluding hydrogens is 329 g/mol. The zero-order chi connectivity index (χ0) is 16.4. The van der Waals surface area contributed by atoms with E-state index in [0.717, 1.165) is 29.8 Å². The zero-order valence-electron chi connectivity index (χ0n) is 13.1. The summed E-state index contributed by atoms with van der Waals surface area (Å²) < 4.78 is 1.74. The predicted molar refractivity (Wildman–Crippen MR) is 95.9 cm³/mol. The summed E-state index contributed by atoms with van der Waals surface area (Å²) in [5.74, 6) is 1.33. The molecule has 0 aliphatic carbocycles. The Balaban J connectivity index is 2.04. The van der Waals surface area contributed by atoms with Gasteiger partial charge in [-0.1, -0.05) is 54.7 Å². The molecule has 0 aliphatic heterocycles. The summed E-state index contributed by atoms with van der Waals surface area (Å²) in [4.78, 5) is 4.63. The number of halogens is 2. The predicted octanol–water partition coefficient (Wildman–Crippen LogP) is 5.41. The van der Waals surface area contributed by atoms with Gasteiger partial charge in [0.05, 0.1) is 10.0 Å². The minimum absolute atomic E-state index is 0.599. The SMILES string of the molecule is CCCc1ccc(-c2nc(-c3ccccc3Cl)nn2C)c(Cl)c1. The molecule has 0 atom stereocenters. The van der Waals surface area contributed by atoms with Crippen molar-refractivity contribution < 1.29 is 0 Å². The summed E-state index contributed by atoms with van der Waals surface area (Å²) in [5, 5.41) is 5.81. The van der Waals surface area contributed by atoms with E-state index in [1.54, 1.807) is 4.68 Å². The average Bonchev–Trinajstić information content (AvgIpc) is 2.90. The van der Waals surface area contributed by atoms with Gasteiger partial charge in [-0.15, -0.1) is 0 Å². The highest BCUT2D eigenvalue weighted by atomic mass is 35.5. The molecule has 3 rings (SSSR count). The molecule has 3 aromatic rings. The normalized spacial score (nSPS) is 11.0. The van der Waals surface area contributed by atoms with Gasteiger partial charge in [0.25, 0.3) is 0 Å². The van der Waals surface area contributed by atoms with E-state index >= 15 is 0 Å². The van der Waals surface area contributed by atoms with Gasteiger partial charge in [0.15, 0.2) is 11.6 Å². The van der Waals surface area contributed by atoms with Crippen molar-refractivity contribution in [3.8, 4) is 22.8 Å². The summed E-state index contributed by atoms with van der Waals surface area (Å²) in [6.07, 6.45) is 2.11. The lowest BCUT2D eigenvalue weighted by Crippen LogP contribution is -1.95. The maximum Gasteiger partial charge on any atom is 0.183 e. The second-order valence-electron chi connectivity index (χ2n) is 5.43. The van der Waals surface area contributed by atoms with E-state index in [2.05, 4.69) is 23.1 Å². The molecule has 1 aromatic heterocycles. The van der Waals surface area contributed by atoms with Gasteiger partial charge in [-0.2, -0.15) is 5.10 Å². The Morgan fingerprint density at radius 2 is 1.78 bits per heavy atom. The molecule has 0 saturated carbocycles. The molecule has 5 heteroatoms. The molecule has 118 valence electrons. The van der Waals surface area contributed by atoms with Crippen molar-refractivity contribution in [3.05, 3.63) is 58.1 Å². The van der Waals surface area contributed by atoms with Crippen LogP contribution in [-0.2, 0) is 13.5 Å². The Labute approximate surface area is 145 Å². The number of hydrogen-bond donors (Lipinski definition) is 0. The van der Waals surface area contributed by atoms with Crippen molar-refractivity contribution in [2.75, 3.05) is 0 Å². The fourth-order valence-corrected chi connectivity index (χ4v) is 3.07. The van der Waals surface area contributed by atoms with Gasteiger partial charge in [0.2, 0.25) is 0 Å². The van der Waals surface area contributed by atoms with E-state index in [9.17, 15) is 0 Å². The lowest BCUT2D eigenvalue weighted by molar-refractivity contribution is 0.777. The summed E-state index contributed by atoms with van der Waals surface area (Å²) >= 11 is 12.7. The molecule has 0 spiro atoms. The molecule has 0 saturated heterocycles. The number of aromatic nitrogens is 3. The average molecular weight is 346 g/mol. The zero-order valence-corrected chi connectivity index (χ0v) is 14.6. The Kier molecular flexibility index (Phi) is 4.69. The van der Waals surface area contributed by atoms with Crippen LogP contribution in [0.1, 0.15) is 18.9 Å². The van der Waals surface area contributed by atoms with Crippen LogP contribution in [0.25, 0.3) is 22.8 Å². The molecule has 1 heterocycles. The Bertz CT molecular complexity index is 840. The highest BCUT2D eigenvalue weighted by molar-refractivity contribution is 6.33. The van der Waals surface area contributed by atoms with Crippen LogP contribution >= 0.6 is 23.2 Å². The lowest BCUT2D eigenvalue weighted by Gasteiger charge is -2.05. The maximum absolute atomic E-state index is 6.45. The van der Waals surface area contributed by atoms with Crippen LogP contribution in [0.15, 0.2) is 42.5 Å². The van der Waals surface area contributed by atoms with Crippen LogP contribution in [0, 0.1) is 0 Å². The van der Waals surface area contributed by atoms with Crippen molar-refractivity contribution >= 4 is 23.2 Å². The first kappa shape index (κ1) is 16.0. The maximum atomic E-state index is 6.45. The third-order valence-corrected chi connectivity index (χ3v) is 4.33. The highest BCUT2D eigenvalue weighted by Crippen LogP contribution is 2.31. The molecule has 0 N–H and O–H groups in total. The van der Waals surface area contributed by atoms with Crippen LogP contribution in [0.4, 0.5) is 0 Å². The number of aryl methyl sites for hydroxylation is 2. The highest BCUT2D eigenvalue weighted by Gasteiger charge is 2.15. The fraction of sp³-hybridized carbons (Fsp3) is 0.222. The van der Waals surface area contributed by atoms with E-state index in [-0.39, 0.29) is 0 Å². The van der Waals surface area contributed by atoms with Gasteiger partial charge in [-0.25, -0.2) is 9.67 Å². The van der Waals surface area contributed by atoms with Crippen LogP contribution in [0.2, 0.25) is 10.0 Å².